The van der Waals surface area contributed by atoms with Gasteiger partial charge >= 0.3 is 0 Å². The molecule has 1 fully saturated rings. The van der Waals surface area contributed by atoms with Gasteiger partial charge in [0.15, 0.2) is 0 Å². The van der Waals surface area contributed by atoms with Gasteiger partial charge in [-0.25, -0.2) is 0 Å². The first-order chi connectivity index (χ1) is 9.00. The van der Waals surface area contributed by atoms with Gasteiger partial charge in [0, 0.05) is 31.3 Å². The Hall–Kier alpha value is -0.160. The Bertz CT molecular complexity index is 244. The van der Waals surface area contributed by atoms with Crippen LogP contribution in [0, 0.1) is 5.92 Å². The number of nitrogens with zero attached hydrogens (tertiary/aromatic N) is 1. The van der Waals surface area contributed by atoms with Crippen molar-refractivity contribution in [3.8, 4) is 0 Å². The maximum absolute atomic E-state index is 9.57. The third-order valence-electron chi connectivity index (χ3n) is 4.34. The highest BCUT2D eigenvalue weighted by atomic mass is 16.5. The van der Waals surface area contributed by atoms with Crippen molar-refractivity contribution in [1.82, 2.24) is 10.2 Å². The van der Waals surface area contributed by atoms with Gasteiger partial charge in [0.25, 0.3) is 0 Å². The van der Waals surface area contributed by atoms with Crippen molar-refractivity contribution in [2.24, 2.45) is 5.92 Å². The number of rotatable bonds is 8. The van der Waals surface area contributed by atoms with Crippen molar-refractivity contribution >= 4 is 0 Å². The molecule has 1 saturated heterocycles. The number of hydrogen-bond acceptors (Lipinski definition) is 4. The van der Waals surface area contributed by atoms with E-state index in [0.29, 0.717) is 6.04 Å². The number of ether oxygens (including phenoxy) is 1. The van der Waals surface area contributed by atoms with Crippen LogP contribution in [0.3, 0.4) is 0 Å². The van der Waals surface area contributed by atoms with Gasteiger partial charge < -0.3 is 20.1 Å². The number of aliphatic hydroxyl groups is 1. The first kappa shape index (κ1) is 16.9. The molecule has 0 aliphatic carbocycles. The molecule has 0 aromatic heterocycles. The summed E-state index contributed by atoms with van der Waals surface area (Å²) in [5.74, 6) is 0.765. The minimum atomic E-state index is -0.169. The van der Waals surface area contributed by atoms with Gasteiger partial charge in [-0.05, 0) is 52.6 Å². The standard InChI is InChI=1S/C15H32N2O2/c1-5-16-15(3,12-18)10-13(2)17(4)11-14-6-8-19-9-7-14/h13-14,16,18H,5-12H2,1-4H3. The van der Waals surface area contributed by atoms with Crippen molar-refractivity contribution in [2.75, 3.05) is 40.0 Å². The SMILES string of the molecule is CCNC(C)(CO)CC(C)N(C)CC1CCOCC1. The van der Waals surface area contributed by atoms with E-state index in [0.717, 1.165) is 38.6 Å². The smallest absolute Gasteiger partial charge is 0.0611 e. The lowest BCUT2D eigenvalue weighted by molar-refractivity contribution is 0.0468. The first-order valence-corrected chi connectivity index (χ1v) is 7.64. The fourth-order valence-corrected chi connectivity index (χ4v) is 2.94. The quantitative estimate of drug-likeness (QED) is 0.702. The van der Waals surface area contributed by atoms with E-state index >= 15 is 0 Å². The van der Waals surface area contributed by atoms with Crippen LogP contribution in [0.1, 0.15) is 40.0 Å². The Morgan fingerprint density at radius 2 is 2.05 bits per heavy atom. The summed E-state index contributed by atoms with van der Waals surface area (Å²) in [4.78, 5) is 2.43. The third kappa shape index (κ3) is 5.78. The van der Waals surface area contributed by atoms with E-state index in [9.17, 15) is 5.11 Å². The topological polar surface area (TPSA) is 44.7 Å². The summed E-state index contributed by atoms with van der Waals surface area (Å²) in [5.41, 5.74) is -0.169. The Balaban J connectivity index is 2.39. The maximum Gasteiger partial charge on any atom is 0.0611 e. The second-order valence-electron chi connectivity index (χ2n) is 6.30. The van der Waals surface area contributed by atoms with E-state index < -0.39 is 0 Å². The van der Waals surface area contributed by atoms with Crippen LogP contribution in [0.2, 0.25) is 0 Å². The molecule has 19 heavy (non-hydrogen) atoms. The third-order valence-corrected chi connectivity index (χ3v) is 4.34. The molecule has 2 atom stereocenters. The van der Waals surface area contributed by atoms with Crippen LogP contribution in [0.15, 0.2) is 0 Å². The normalized spacial score (nSPS) is 22.4. The molecule has 0 spiro atoms. The molecule has 4 heteroatoms. The molecule has 1 aliphatic heterocycles. The average Bonchev–Trinajstić information content (AvgIpc) is 2.40. The summed E-state index contributed by atoms with van der Waals surface area (Å²) in [6.07, 6.45) is 3.33. The van der Waals surface area contributed by atoms with E-state index in [1.165, 1.54) is 12.8 Å². The fraction of sp³-hybridized carbons (Fsp3) is 1.00. The van der Waals surface area contributed by atoms with Crippen molar-refractivity contribution in [3.05, 3.63) is 0 Å². The van der Waals surface area contributed by atoms with Crippen molar-refractivity contribution in [3.63, 3.8) is 0 Å². The molecule has 1 aliphatic rings. The molecule has 2 unspecified atom stereocenters. The van der Waals surface area contributed by atoms with Crippen molar-refractivity contribution in [2.45, 2.75) is 51.6 Å². The second-order valence-corrected chi connectivity index (χ2v) is 6.30. The number of hydrogen-bond donors (Lipinski definition) is 2. The van der Waals surface area contributed by atoms with Crippen LogP contribution in [0.25, 0.3) is 0 Å². The van der Waals surface area contributed by atoms with Crippen molar-refractivity contribution < 1.29 is 9.84 Å². The second kappa shape index (κ2) is 8.20. The van der Waals surface area contributed by atoms with Gasteiger partial charge in [-0.3, -0.25) is 0 Å². The number of aliphatic hydroxyl groups excluding tert-OH is 1. The Morgan fingerprint density at radius 1 is 1.42 bits per heavy atom. The summed E-state index contributed by atoms with van der Waals surface area (Å²) in [5, 5.41) is 13.0. The molecular weight excluding hydrogens is 240 g/mol. The molecule has 0 radical (unpaired) electrons. The van der Waals surface area contributed by atoms with Gasteiger partial charge in [0.1, 0.15) is 0 Å². The minimum absolute atomic E-state index is 0.169. The molecule has 0 amide bonds. The van der Waals surface area contributed by atoms with Crippen LogP contribution in [0.4, 0.5) is 0 Å². The van der Waals surface area contributed by atoms with Crippen LogP contribution in [-0.2, 0) is 4.74 Å². The lowest BCUT2D eigenvalue weighted by atomic mass is 9.92. The van der Waals surface area contributed by atoms with Crippen LogP contribution in [-0.4, -0.2) is 61.5 Å². The van der Waals surface area contributed by atoms with Gasteiger partial charge in [-0.2, -0.15) is 0 Å². The molecule has 4 nitrogen and oxygen atoms in total. The zero-order valence-corrected chi connectivity index (χ0v) is 13.1. The van der Waals surface area contributed by atoms with E-state index in [1.807, 2.05) is 0 Å². The Morgan fingerprint density at radius 3 is 2.58 bits per heavy atom. The predicted molar refractivity (Wildman–Crippen MR) is 79.4 cm³/mol. The minimum Gasteiger partial charge on any atom is -0.394 e. The highest BCUT2D eigenvalue weighted by Crippen LogP contribution is 2.20. The molecule has 0 bridgehead atoms. The lowest BCUT2D eigenvalue weighted by Crippen LogP contribution is -2.50. The fourth-order valence-electron chi connectivity index (χ4n) is 2.94. The summed E-state index contributed by atoms with van der Waals surface area (Å²) < 4.78 is 5.41. The molecular formula is C15H32N2O2. The van der Waals surface area contributed by atoms with Crippen molar-refractivity contribution in [1.29, 1.82) is 0 Å². The zero-order valence-electron chi connectivity index (χ0n) is 13.1. The molecule has 114 valence electrons. The zero-order chi connectivity index (χ0) is 14.3. The van der Waals surface area contributed by atoms with E-state index in [4.69, 9.17) is 4.74 Å². The predicted octanol–water partition coefficient (Wildman–Crippen LogP) is 1.48. The number of nitrogens with one attached hydrogen (secondary N) is 1. The molecule has 1 rings (SSSR count). The number of likely N-dealkylation sites (N-methyl/N-ethyl adjacent to an activating group) is 1. The lowest BCUT2D eigenvalue weighted by Gasteiger charge is -2.37. The summed E-state index contributed by atoms with van der Waals surface area (Å²) >= 11 is 0. The van der Waals surface area contributed by atoms with E-state index in [2.05, 4.69) is 38.0 Å². The summed E-state index contributed by atoms with van der Waals surface area (Å²) in [6.45, 7) is 10.5. The molecule has 0 aromatic rings. The Labute approximate surface area is 118 Å². The average molecular weight is 272 g/mol. The largest absolute Gasteiger partial charge is 0.394 e. The van der Waals surface area contributed by atoms with Gasteiger partial charge in [-0.1, -0.05) is 6.92 Å². The summed E-state index contributed by atoms with van der Waals surface area (Å²) in [6, 6.07) is 0.471. The van der Waals surface area contributed by atoms with Gasteiger partial charge in [0.2, 0.25) is 0 Å². The first-order valence-electron chi connectivity index (χ1n) is 7.64. The van der Waals surface area contributed by atoms with E-state index in [1.54, 1.807) is 0 Å². The van der Waals surface area contributed by atoms with Gasteiger partial charge in [-0.15, -0.1) is 0 Å². The maximum atomic E-state index is 9.57. The van der Waals surface area contributed by atoms with Crippen LogP contribution < -0.4 is 5.32 Å². The summed E-state index contributed by atoms with van der Waals surface area (Å²) in [7, 11) is 2.20. The molecule has 0 saturated carbocycles. The molecule has 2 N–H and O–H groups in total. The van der Waals surface area contributed by atoms with Crippen LogP contribution >= 0.6 is 0 Å². The van der Waals surface area contributed by atoms with Gasteiger partial charge in [0.05, 0.1) is 6.61 Å². The van der Waals surface area contributed by atoms with Crippen LogP contribution in [0.5, 0.6) is 0 Å². The molecule has 1 heterocycles. The van der Waals surface area contributed by atoms with E-state index in [-0.39, 0.29) is 12.1 Å². The Kier molecular flexibility index (Phi) is 7.29. The highest BCUT2D eigenvalue weighted by molar-refractivity contribution is 4.86. The molecule has 0 aromatic carbocycles. The highest BCUT2D eigenvalue weighted by Gasteiger charge is 2.27. The monoisotopic (exact) mass is 272 g/mol.